The van der Waals surface area contributed by atoms with Crippen molar-refractivity contribution < 1.29 is 0 Å². The summed E-state index contributed by atoms with van der Waals surface area (Å²) in [5.74, 6) is 0. The van der Waals surface area contributed by atoms with Gasteiger partial charge in [0.1, 0.15) is 5.00 Å². The Hall–Kier alpha value is -1.12. The molecule has 3 heterocycles. The lowest BCUT2D eigenvalue weighted by Crippen LogP contribution is -2.56. The molecule has 1 aliphatic heterocycles. The van der Waals surface area contributed by atoms with Crippen LogP contribution in [0.15, 0.2) is 12.4 Å². The molecule has 2 aromatic rings. The zero-order valence-corrected chi connectivity index (χ0v) is 11.0. The second-order valence-corrected chi connectivity index (χ2v) is 5.77. The van der Waals surface area contributed by atoms with Crippen molar-refractivity contribution in [3.8, 4) is 0 Å². The van der Waals surface area contributed by atoms with Gasteiger partial charge in [-0.15, -0.1) is 10.2 Å². The van der Waals surface area contributed by atoms with Gasteiger partial charge >= 0.3 is 0 Å². The number of rotatable bonds is 2. The molecule has 0 radical (unpaired) electrons. The van der Waals surface area contributed by atoms with E-state index in [1.165, 1.54) is 27.9 Å². The number of nitrogens with one attached hydrogen (secondary N) is 1. The van der Waals surface area contributed by atoms with E-state index in [4.69, 9.17) is 0 Å². The van der Waals surface area contributed by atoms with Crippen LogP contribution >= 0.6 is 23.1 Å². The molecule has 3 rings (SSSR count). The second-order valence-electron chi connectivity index (χ2n) is 4.22. The Morgan fingerprint density at radius 3 is 2.82 bits per heavy atom. The first-order valence-corrected chi connectivity index (χ1v) is 6.88. The van der Waals surface area contributed by atoms with Crippen LogP contribution in [0.1, 0.15) is 11.8 Å². The van der Waals surface area contributed by atoms with Crippen LogP contribution in [-0.2, 0) is 5.54 Å². The van der Waals surface area contributed by atoms with Crippen LogP contribution in [0.25, 0.3) is 0 Å². The fourth-order valence-corrected chi connectivity index (χ4v) is 3.21. The standard InChI is InChI=1S/C9H12N6S2/c1-9(7-4-11-13-16-7)6-15(3-2-10-9)8-5-12-14-17-8/h4-5,10H,2-3,6H2,1H3. The Labute approximate surface area is 107 Å². The van der Waals surface area contributed by atoms with E-state index in [0.29, 0.717) is 0 Å². The highest BCUT2D eigenvalue weighted by atomic mass is 32.1. The third kappa shape index (κ3) is 2.03. The molecule has 0 aliphatic carbocycles. The molecule has 0 aromatic carbocycles. The first-order valence-electron chi connectivity index (χ1n) is 5.33. The van der Waals surface area contributed by atoms with Crippen molar-refractivity contribution in [1.82, 2.24) is 24.5 Å². The second kappa shape index (κ2) is 4.28. The van der Waals surface area contributed by atoms with Gasteiger partial charge < -0.3 is 10.2 Å². The third-order valence-electron chi connectivity index (χ3n) is 2.97. The summed E-state index contributed by atoms with van der Waals surface area (Å²) in [6, 6.07) is 0. The van der Waals surface area contributed by atoms with E-state index in [1.807, 2.05) is 12.4 Å². The molecule has 1 atom stereocenters. The zero-order valence-electron chi connectivity index (χ0n) is 9.33. The molecule has 1 N–H and O–H groups in total. The number of nitrogens with zero attached hydrogens (tertiary/aromatic N) is 5. The van der Waals surface area contributed by atoms with Crippen LogP contribution in [-0.4, -0.2) is 38.8 Å². The topological polar surface area (TPSA) is 66.8 Å². The van der Waals surface area contributed by atoms with Gasteiger partial charge in [-0.25, -0.2) is 0 Å². The molecule has 90 valence electrons. The molecule has 1 aliphatic rings. The maximum absolute atomic E-state index is 3.94. The summed E-state index contributed by atoms with van der Waals surface area (Å²) in [6.45, 7) is 4.99. The van der Waals surface area contributed by atoms with Crippen LogP contribution in [0.5, 0.6) is 0 Å². The lowest BCUT2D eigenvalue weighted by atomic mass is 9.98. The molecule has 0 amide bonds. The Bertz CT molecular complexity index is 470. The number of anilines is 1. The molecule has 17 heavy (non-hydrogen) atoms. The maximum Gasteiger partial charge on any atom is 0.132 e. The molecule has 6 nitrogen and oxygen atoms in total. The predicted octanol–water partition coefficient (Wildman–Crippen LogP) is 0.715. The molecule has 1 fully saturated rings. The summed E-state index contributed by atoms with van der Waals surface area (Å²) in [6.07, 6.45) is 3.66. The molecule has 2 aromatic heterocycles. The van der Waals surface area contributed by atoms with Gasteiger partial charge in [0.05, 0.1) is 22.8 Å². The highest BCUT2D eigenvalue weighted by Gasteiger charge is 2.34. The molecule has 0 bridgehead atoms. The fraction of sp³-hybridized carbons (Fsp3) is 0.556. The predicted molar refractivity (Wildman–Crippen MR) is 67.4 cm³/mol. The Balaban J connectivity index is 1.84. The van der Waals surface area contributed by atoms with E-state index in [-0.39, 0.29) is 5.54 Å². The first-order chi connectivity index (χ1) is 8.28. The van der Waals surface area contributed by atoms with Gasteiger partial charge in [0, 0.05) is 31.2 Å². The molecule has 8 heteroatoms. The molecular formula is C9H12N6S2. The zero-order chi connectivity index (χ0) is 11.7. The van der Waals surface area contributed by atoms with Gasteiger partial charge in [-0.1, -0.05) is 8.98 Å². The van der Waals surface area contributed by atoms with Crippen molar-refractivity contribution in [1.29, 1.82) is 0 Å². The summed E-state index contributed by atoms with van der Waals surface area (Å²) < 4.78 is 7.86. The highest BCUT2D eigenvalue weighted by molar-refractivity contribution is 7.09. The van der Waals surface area contributed by atoms with E-state index in [9.17, 15) is 0 Å². The van der Waals surface area contributed by atoms with Crippen molar-refractivity contribution in [2.24, 2.45) is 0 Å². The SMILES string of the molecule is CC1(c2cnns2)CN(c2cnns2)CCN1. The average Bonchev–Trinajstić information content (AvgIpc) is 3.03. The van der Waals surface area contributed by atoms with Gasteiger partial charge in [0.2, 0.25) is 0 Å². The fourth-order valence-electron chi connectivity index (χ4n) is 2.05. The lowest BCUT2D eigenvalue weighted by molar-refractivity contribution is 0.338. The lowest BCUT2D eigenvalue weighted by Gasteiger charge is -2.40. The molecule has 0 saturated carbocycles. The van der Waals surface area contributed by atoms with Gasteiger partial charge in [0.15, 0.2) is 0 Å². The van der Waals surface area contributed by atoms with E-state index >= 15 is 0 Å². The summed E-state index contributed by atoms with van der Waals surface area (Å²) in [7, 11) is 0. The number of piperazine rings is 1. The van der Waals surface area contributed by atoms with Crippen LogP contribution in [0, 0.1) is 0 Å². The van der Waals surface area contributed by atoms with Crippen molar-refractivity contribution in [3.63, 3.8) is 0 Å². The van der Waals surface area contributed by atoms with Gasteiger partial charge in [0.25, 0.3) is 0 Å². The number of hydrogen-bond donors (Lipinski definition) is 1. The summed E-state index contributed by atoms with van der Waals surface area (Å²) >= 11 is 2.89. The average molecular weight is 268 g/mol. The summed E-state index contributed by atoms with van der Waals surface area (Å²) in [5.41, 5.74) is -0.0869. The minimum Gasteiger partial charge on any atom is -0.357 e. The summed E-state index contributed by atoms with van der Waals surface area (Å²) in [4.78, 5) is 3.47. The monoisotopic (exact) mass is 268 g/mol. The Morgan fingerprint density at radius 2 is 2.12 bits per heavy atom. The highest BCUT2D eigenvalue weighted by Crippen LogP contribution is 2.29. The quantitative estimate of drug-likeness (QED) is 0.865. The number of hydrogen-bond acceptors (Lipinski definition) is 8. The van der Waals surface area contributed by atoms with Crippen LogP contribution in [0.4, 0.5) is 5.00 Å². The maximum atomic E-state index is 3.94. The Morgan fingerprint density at radius 1 is 1.29 bits per heavy atom. The van der Waals surface area contributed by atoms with Crippen molar-refractivity contribution in [3.05, 3.63) is 17.3 Å². The van der Waals surface area contributed by atoms with Crippen LogP contribution < -0.4 is 10.2 Å². The van der Waals surface area contributed by atoms with Crippen LogP contribution in [0.3, 0.4) is 0 Å². The van der Waals surface area contributed by atoms with E-state index in [0.717, 1.165) is 24.6 Å². The van der Waals surface area contributed by atoms with Crippen molar-refractivity contribution >= 4 is 28.1 Å². The molecule has 0 spiro atoms. The smallest absolute Gasteiger partial charge is 0.132 e. The van der Waals surface area contributed by atoms with Gasteiger partial charge in [-0.05, 0) is 18.5 Å². The van der Waals surface area contributed by atoms with E-state index in [2.05, 4.69) is 36.3 Å². The summed E-state index contributed by atoms with van der Waals surface area (Å²) in [5, 5.41) is 12.5. The molecular weight excluding hydrogens is 256 g/mol. The molecule has 1 unspecified atom stereocenters. The van der Waals surface area contributed by atoms with E-state index in [1.54, 1.807) is 0 Å². The molecule has 1 saturated heterocycles. The van der Waals surface area contributed by atoms with Gasteiger partial charge in [-0.3, -0.25) is 0 Å². The minimum atomic E-state index is -0.0869. The van der Waals surface area contributed by atoms with Gasteiger partial charge in [-0.2, -0.15) is 0 Å². The third-order valence-corrected chi connectivity index (χ3v) is 4.63. The normalized spacial score (nSPS) is 25.1. The van der Waals surface area contributed by atoms with Crippen LogP contribution in [0.2, 0.25) is 0 Å². The van der Waals surface area contributed by atoms with Crippen molar-refractivity contribution in [2.75, 3.05) is 24.5 Å². The Kier molecular flexibility index (Phi) is 2.77. The largest absolute Gasteiger partial charge is 0.357 e. The minimum absolute atomic E-state index is 0.0869. The van der Waals surface area contributed by atoms with E-state index < -0.39 is 0 Å². The number of aromatic nitrogens is 4. The van der Waals surface area contributed by atoms with Crippen molar-refractivity contribution in [2.45, 2.75) is 12.5 Å². The first kappa shape index (κ1) is 11.0.